The minimum Gasteiger partial charge on any atom is -0.490 e. The highest BCUT2D eigenvalue weighted by atomic mass is 16.5. The Bertz CT molecular complexity index is 516. The van der Waals surface area contributed by atoms with Crippen molar-refractivity contribution in [3.05, 3.63) is 29.5 Å². The van der Waals surface area contributed by atoms with Gasteiger partial charge in [0.15, 0.2) is 11.3 Å². The number of furan rings is 1. The predicted octanol–water partition coefficient (Wildman–Crippen LogP) is 3.50. The molecule has 0 unspecified atom stereocenters. The molecule has 1 aromatic heterocycles. The Kier molecular flexibility index (Phi) is 4.26. The van der Waals surface area contributed by atoms with Gasteiger partial charge in [-0.1, -0.05) is 26.0 Å². The van der Waals surface area contributed by atoms with Gasteiger partial charge in [0.05, 0.1) is 13.2 Å². The van der Waals surface area contributed by atoms with Crippen molar-refractivity contribution in [3.8, 4) is 5.75 Å². The third-order valence-corrected chi connectivity index (χ3v) is 3.05. The van der Waals surface area contributed by atoms with E-state index in [-0.39, 0.29) is 0 Å². The zero-order chi connectivity index (χ0) is 13.0. The van der Waals surface area contributed by atoms with Crippen molar-refractivity contribution >= 4 is 11.0 Å². The van der Waals surface area contributed by atoms with Crippen LogP contribution in [-0.2, 0) is 13.0 Å². The monoisotopic (exact) mass is 247 g/mol. The second-order valence-corrected chi connectivity index (χ2v) is 4.20. The molecule has 0 aliphatic carbocycles. The number of aryl methyl sites for hydroxylation is 1. The minimum atomic E-state index is 0.657. The van der Waals surface area contributed by atoms with Crippen LogP contribution in [0.2, 0.25) is 0 Å². The number of hydrogen-bond acceptors (Lipinski definition) is 3. The molecule has 1 N–H and O–H groups in total. The van der Waals surface area contributed by atoms with E-state index in [2.05, 4.69) is 25.2 Å². The minimum absolute atomic E-state index is 0.657. The van der Waals surface area contributed by atoms with Crippen LogP contribution in [0, 0.1) is 0 Å². The summed E-state index contributed by atoms with van der Waals surface area (Å²) < 4.78 is 11.6. The van der Waals surface area contributed by atoms with Crippen molar-refractivity contribution in [1.29, 1.82) is 0 Å². The fraction of sp³-hybridized carbons (Fsp3) is 0.467. The summed E-state index contributed by atoms with van der Waals surface area (Å²) in [6.07, 6.45) is 0.976. The number of ether oxygens (including phenoxy) is 1. The topological polar surface area (TPSA) is 34.4 Å². The van der Waals surface area contributed by atoms with Gasteiger partial charge in [0.25, 0.3) is 0 Å². The first-order chi connectivity index (χ1) is 8.81. The summed E-state index contributed by atoms with van der Waals surface area (Å²) in [5, 5.41) is 4.49. The number of hydrogen-bond donors (Lipinski definition) is 1. The highest BCUT2D eigenvalue weighted by molar-refractivity contribution is 5.87. The van der Waals surface area contributed by atoms with Gasteiger partial charge in [0.2, 0.25) is 0 Å². The molecule has 0 radical (unpaired) electrons. The van der Waals surface area contributed by atoms with Crippen LogP contribution < -0.4 is 10.1 Å². The molecule has 0 amide bonds. The molecular formula is C15H21NO2. The van der Waals surface area contributed by atoms with Gasteiger partial charge in [-0.2, -0.15) is 0 Å². The molecule has 0 fully saturated rings. The molecule has 0 aliphatic rings. The third kappa shape index (κ3) is 2.36. The molecule has 0 bridgehead atoms. The SMILES string of the molecule is CCNCc1oc2c(OCC)cccc2c1CC. The van der Waals surface area contributed by atoms with E-state index < -0.39 is 0 Å². The summed E-state index contributed by atoms with van der Waals surface area (Å²) in [6.45, 7) is 8.62. The fourth-order valence-electron chi connectivity index (χ4n) is 2.23. The van der Waals surface area contributed by atoms with Crippen molar-refractivity contribution in [2.75, 3.05) is 13.2 Å². The first kappa shape index (κ1) is 13.0. The molecule has 3 heteroatoms. The van der Waals surface area contributed by atoms with Crippen molar-refractivity contribution in [3.63, 3.8) is 0 Å². The van der Waals surface area contributed by atoms with E-state index in [9.17, 15) is 0 Å². The Hall–Kier alpha value is -1.48. The standard InChI is InChI=1S/C15H21NO2/c1-4-11-12-8-7-9-13(17-6-3)15(12)18-14(11)10-16-5-2/h7-9,16H,4-6,10H2,1-3H3. The van der Waals surface area contributed by atoms with E-state index in [0.29, 0.717) is 6.61 Å². The lowest BCUT2D eigenvalue weighted by molar-refractivity contribution is 0.337. The zero-order valence-corrected chi connectivity index (χ0v) is 11.4. The van der Waals surface area contributed by atoms with Crippen molar-refractivity contribution in [2.45, 2.75) is 33.7 Å². The summed E-state index contributed by atoms with van der Waals surface area (Å²) in [4.78, 5) is 0. The van der Waals surface area contributed by atoms with Crippen molar-refractivity contribution < 1.29 is 9.15 Å². The van der Waals surface area contributed by atoms with Gasteiger partial charge < -0.3 is 14.5 Å². The maximum absolute atomic E-state index is 5.99. The number of nitrogens with one attached hydrogen (secondary N) is 1. The molecule has 2 aromatic rings. The number of fused-ring (bicyclic) bond motifs is 1. The van der Waals surface area contributed by atoms with E-state index in [1.54, 1.807) is 0 Å². The Labute approximate surface area is 108 Å². The summed E-state index contributed by atoms with van der Waals surface area (Å²) in [7, 11) is 0. The highest BCUT2D eigenvalue weighted by Crippen LogP contribution is 2.33. The van der Waals surface area contributed by atoms with Crippen LogP contribution in [0.15, 0.2) is 22.6 Å². The molecule has 0 saturated heterocycles. The molecule has 0 spiro atoms. The first-order valence-electron chi connectivity index (χ1n) is 6.68. The van der Waals surface area contributed by atoms with E-state index in [1.807, 2.05) is 19.1 Å². The van der Waals surface area contributed by atoms with Crippen LogP contribution in [0.25, 0.3) is 11.0 Å². The van der Waals surface area contributed by atoms with E-state index in [0.717, 1.165) is 36.6 Å². The zero-order valence-electron chi connectivity index (χ0n) is 11.4. The van der Waals surface area contributed by atoms with Crippen LogP contribution in [0.4, 0.5) is 0 Å². The van der Waals surface area contributed by atoms with Gasteiger partial charge in [-0.25, -0.2) is 0 Å². The average molecular weight is 247 g/mol. The molecule has 3 nitrogen and oxygen atoms in total. The summed E-state index contributed by atoms with van der Waals surface area (Å²) in [6, 6.07) is 6.10. The Morgan fingerprint density at radius 2 is 2.06 bits per heavy atom. The summed E-state index contributed by atoms with van der Waals surface area (Å²) in [5.41, 5.74) is 2.16. The molecule has 2 rings (SSSR count). The van der Waals surface area contributed by atoms with Crippen LogP contribution in [0.3, 0.4) is 0 Å². The van der Waals surface area contributed by atoms with E-state index in [4.69, 9.17) is 9.15 Å². The second-order valence-electron chi connectivity index (χ2n) is 4.20. The van der Waals surface area contributed by atoms with Gasteiger partial charge in [-0.3, -0.25) is 0 Å². The lowest BCUT2D eigenvalue weighted by Crippen LogP contribution is -2.12. The number of benzene rings is 1. The van der Waals surface area contributed by atoms with E-state index >= 15 is 0 Å². The molecule has 18 heavy (non-hydrogen) atoms. The van der Waals surface area contributed by atoms with Gasteiger partial charge in [0.1, 0.15) is 5.76 Å². The third-order valence-electron chi connectivity index (χ3n) is 3.05. The quantitative estimate of drug-likeness (QED) is 0.848. The Morgan fingerprint density at radius 1 is 1.22 bits per heavy atom. The normalized spacial score (nSPS) is 11.1. The van der Waals surface area contributed by atoms with Crippen LogP contribution in [-0.4, -0.2) is 13.2 Å². The molecule has 1 heterocycles. The van der Waals surface area contributed by atoms with Gasteiger partial charge in [0, 0.05) is 10.9 Å². The van der Waals surface area contributed by atoms with Crippen LogP contribution in [0.1, 0.15) is 32.1 Å². The fourth-order valence-corrected chi connectivity index (χ4v) is 2.23. The summed E-state index contributed by atoms with van der Waals surface area (Å²) >= 11 is 0. The molecular weight excluding hydrogens is 226 g/mol. The predicted molar refractivity (Wildman–Crippen MR) is 74.1 cm³/mol. The average Bonchev–Trinajstić information content (AvgIpc) is 2.75. The highest BCUT2D eigenvalue weighted by Gasteiger charge is 2.15. The van der Waals surface area contributed by atoms with Gasteiger partial charge in [-0.05, 0) is 26.0 Å². The molecule has 0 aliphatic heterocycles. The van der Waals surface area contributed by atoms with Crippen molar-refractivity contribution in [2.24, 2.45) is 0 Å². The Balaban J connectivity index is 2.49. The largest absolute Gasteiger partial charge is 0.490 e. The lowest BCUT2D eigenvalue weighted by Gasteiger charge is -2.02. The van der Waals surface area contributed by atoms with Crippen LogP contribution >= 0.6 is 0 Å². The molecule has 0 atom stereocenters. The van der Waals surface area contributed by atoms with Crippen LogP contribution in [0.5, 0.6) is 5.75 Å². The maximum Gasteiger partial charge on any atom is 0.176 e. The first-order valence-corrected chi connectivity index (χ1v) is 6.68. The molecule has 0 saturated carbocycles. The number of rotatable bonds is 6. The second kappa shape index (κ2) is 5.91. The van der Waals surface area contributed by atoms with Gasteiger partial charge in [-0.15, -0.1) is 0 Å². The Morgan fingerprint density at radius 3 is 2.72 bits per heavy atom. The molecule has 98 valence electrons. The number of para-hydroxylation sites is 1. The maximum atomic E-state index is 5.99. The molecule has 1 aromatic carbocycles. The lowest BCUT2D eigenvalue weighted by atomic mass is 10.1. The summed E-state index contributed by atoms with van der Waals surface area (Å²) in [5.74, 6) is 1.87. The smallest absolute Gasteiger partial charge is 0.176 e. The van der Waals surface area contributed by atoms with Crippen molar-refractivity contribution in [1.82, 2.24) is 5.32 Å². The van der Waals surface area contributed by atoms with E-state index in [1.165, 1.54) is 10.9 Å². The van der Waals surface area contributed by atoms with Gasteiger partial charge >= 0.3 is 0 Å².